The van der Waals surface area contributed by atoms with Crippen molar-refractivity contribution in [1.82, 2.24) is 20.0 Å². The molecule has 0 aliphatic heterocycles. The Morgan fingerprint density at radius 2 is 2.05 bits per heavy atom. The third kappa shape index (κ3) is 3.60. The molecular formula is C13H12F3N5O. The third-order valence-corrected chi connectivity index (χ3v) is 3.14. The largest absolute Gasteiger partial charge is 0.408 e. The van der Waals surface area contributed by atoms with Crippen molar-refractivity contribution in [3.05, 3.63) is 35.8 Å². The van der Waals surface area contributed by atoms with Crippen molar-refractivity contribution in [2.45, 2.75) is 31.5 Å². The number of anilines is 1. The number of nitrogens with zero attached hydrogens (tertiary/aromatic N) is 4. The summed E-state index contributed by atoms with van der Waals surface area (Å²) in [5.41, 5.74) is 0.768. The van der Waals surface area contributed by atoms with Gasteiger partial charge in [-0.2, -0.15) is 23.4 Å². The predicted molar refractivity (Wildman–Crippen MR) is 70.2 cm³/mol. The van der Waals surface area contributed by atoms with Crippen molar-refractivity contribution in [1.29, 1.82) is 0 Å². The minimum Gasteiger partial charge on any atom is -0.304 e. The van der Waals surface area contributed by atoms with Crippen LogP contribution in [0.2, 0.25) is 0 Å². The minimum absolute atomic E-state index is 0.114. The number of halogens is 3. The number of hydrogen-bond acceptors (Lipinski definition) is 4. The zero-order valence-corrected chi connectivity index (χ0v) is 11.3. The van der Waals surface area contributed by atoms with Gasteiger partial charge in [0.15, 0.2) is 11.5 Å². The van der Waals surface area contributed by atoms with E-state index >= 15 is 0 Å². The summed E-state index contributed by atoms with van der Waals surface area (Å²) in [6.45, 7) is -1.24. The van der Waals surface area contributed by atoms with Gasteiger partial charge in [0.25, 0.3) is 5.91 Å². The maximum absolute atomic E-state index is 12.2. The van der Waals surface area contributed by atoms with E-state index in [1.807, 2.05) is 0 Å². The second-order valence-electron chi connectivity index (χ2n) is 5.09. The van der Waals surface area contributed by atoms with E-state index in [1.54, 1.807) is 12.1 Å². The van der Waals surface area contributed by atoms with Gasteiger partial charge in [0.05, 0.1) is 5.69 Å². The summed E-state index contributed by atoms with van der Waals surface area (Å²) in [7, 11) is 0. The highest BCUT2D eigenvalue weighted by molar-refractivity contribution is 6.02. The van der Waals surface area contributed by atoms with Crippen LogP contribution in [0.25, 0.3) is 0 Å². The highest BCUT2D eigenvalue weighted by Crippen LogP contribution is 2.38. The lowest BCUT2D eigenvalue weighted by molar-refractivity contribution is -0.142. The zero-order valence-electron chi connectivity index (χ0n) is 11.3. The van der Waals surface area contributed by atoms with Gasteiger partial charge >= 0.3 is 6.18 Å². The van der Waals surface area contributed by atoms with Crippen LogP contribution in [-0.2, 0) is 6.54 Å². The van der Waals surface area contributed by atoms with Crippen LogP contribution >= 0.6 is 0 Å². The molecule has 22 heavy (non-hydrogen) atoms. The van der Waals surface area contributed by atoms with Crippen molar-refractivity contribution in [2.24, 2.45) is 0 Å². The highest BCUT2D eigenvalue weighted by Gasteiger charge is 2.29. The van der Waals surface area contributed by atoms with Crippen LogP contribution in [0.4, 0.5) is 19.0 Å². The van der Waals surface area contributed by atoms with Crippen LogP contribution in [0.5, 0.6) is 0 Å². The monoisotopic (exact) mass is 311 g/mol. The Balaban J connectivity index is 1.63. The standard InChI is InChI=1S/C13H12F3N5O/c14-13(15,16)7-21-6-5-10(20-21)12(22)17-11-4-3-9(18-19-11)8-1-2-8/h3-6,8H,1-2,7H2,(H,17,19,22). The first-order valence-corrected chi connectivity index (χ1v) is 6.66. The molecule has 0 bridgehead atoms. The molecular weight excluding hydrogens is 299 g/mol. The maximum Gasteiger partial charge on any atom is 0.408 e. The molecule has 116 valence electrons. The van der Waals surface area contributed by atoms with Crippen LogP contribution in [0.3, 0.4) is 0 Å². The topological polar surface area (TPSA) is 72.7 Å². The Hall–Kier alpha value is -2.45. The molecule has 1 aliphatic carbocycles. The van der Waals surface area contributed by atoms with E-state index in [1.165, 1.54) is 6.07 Å². The SMILES string of the molecule is O=C(Nc1ccc(C2CC2)nn1)c1ccn(CC(F)(F)F)n1. The number of rotatable bonds is 4. The molecule has 0 unspecified atom stereocenters. The lowest BCUT2D eigenvalue weighted by Gasteiger charge is -2.05. The molecule has 9 heteroatoms. The third-order valence-electron chi connectivity index (χ3n) is 3.14. The average molecular weight is 311 g/mol. The molecule has 1 fully saturated rings. The molecule has 6 nitrogen and oxygen atoms in total. The maximum atomic E-state index is 12.2. The Labute approximate surface area is 123 Å². The molecule has 2 aromatic heterocycles. The molecule has 0 radical (unpaired) electrons. The van der Waals surface area contributed by atoms with Crippen molar-refractivity contribution in [2.75, 3.05) is 5.32 Å². The molecule has 1 saturated carbocycles. The minimum atomic E-state index is -4.39. The summed E-state index contributed by atoms with van der Waals surface area (Å²) >= 11 is 0. The number of nitrogens with one attached hydrogen (secondary N) is 1. The molecule has 0 saturated heterocycles. The van der Waals surface area contributed by atoms with Gasteiger partial charge in [-0.25, -0.2) is 0 Å². The van der Waals surface area contributed by atoms with Gasteiger partial charge in [-0.1, -0.05) is 0 Å². The van der Waals surface area contributed by atoms with Crippen molar-refractivity contribution in [3.8, 4) is 0 Å². The van der Waals surface area contributed by atoms with Gasteiger partial charge in [-0.15, -0.1) is 5.10 Å². The number of amides is 1. The summed E-state index contributed by atoms with van der Waals surface area (Å²) < 4.78 is 37.3. The molecule has 1 amide bonds. The number of carbonyl (C=O) groups excluding carboxylic acids is 1. The fourth-order valence-electron chi connectivity index (χ4n) is 1.94. The van der Waals surface area contributed by atoms with E-state index in [0.29, 0.717) is 10.6 Å². The van der Waals surface area contributed by atoms with Gasteiger partial charge in [0.1, 0.15) is 6.54 Å². The fourth-order valence-corrected chi connectivity index (χ4v) is 1.94. The molecule has 1 N–H and O–H groups in total. The lowest BCUT2D eigenvalue weighted by Crippen LogP contribution is -2.19. The highest BCUT2D eigenvalue weighted by atomic mass is 19.4. The first kappa shape index (κ1) is 14.5. The Kier molecular flexibility index (Phi) is 3.55. The van der Waals surface area contributed by atoms with Crippen molar-refractivity contribution >= 4 is 11.7 Å². The summed E-state index contributed by atoms with van der Waals surface area (Å²) in [5, 5.41) is 13.9. The van der Waals surface area contributed by atoms with Crippen LogP contribution in [0.15, 0.2) is 24.4 Å². The van der Waals surface area contributed by atoms with Crippen molar-refractivity contribution < 1.29 is 18.0 Å². The van der Waals surface area contributed by atoms with E-state index < -0.39 is 18.6 Å². The Bertz CT molecular complexity index is 676. The van der Waals surface area contributed by atoms with E-state index in [-0.39, 0.29) is 11.5 Å². The Morgan fingerprint density at radius 1 is 1.27 bits per heavy atom. The van der Waals surface area contributed by atoms with E-state index in [9.17, 15) is 18.0 Å². The van der Waals surface area contributed by atoms with Crippen LogP contribution < -0.4 is 5.32 Å². The molecule has 3 rings (SSSR count). The zero-order chi connectivity index (χ0) is 15.7. The van der Waals surface area contributed by atoms with Gasteiger partial charge in [0, 0.05) is 12.1 Å². The predicted octanol–water partition coefficient (Wildman–Crippen LogP) is 2.37. The van der Waals surface area contributed by atoms with Crippen molar-refractivity contribution in [3.63, 3.8) is 0 Å². The number of carbonyl (C=O) groups is 1. The first-order chi connectivity index (χ1) is 10.4. The number of alkyl halides is 3. The van der Waals surface area contributed by atoms with Crippen LogP contribution in [0.1, 0.15) is 34.9 Å². The number of hydrogen-bond donors (Lipinski definition) is 1. The lowest BCUT2D eigenvalue weighted by atomic mass is 10.3. The second kappa shape index (κ2) is 5.39. The van der Waals surface area contributed by atoms with Crippen LogP contribution in [0, 0.1) is 0 Å². The molecule has 2 aromatic rings. The van der Waals surface area contributed by atoms with E-state index in [2.05, 4.69) is 20.6 Å². The van der Waals surface area contributed by atoms with Gasteiger partial charge in [-0.05, 0) is 31.0 Å². The van der Waals surface area contributed by atoms with Crippen LogP contribution in [-0.4, -0.2) is 32.1 Å². The summed E-state index contributed by atoms with van der Waals surface area (Å²) in [4.78, 5) is 11.9. The first-order valence-electron chi connectivity index (χ1n) is 6.66. The van der Waals surface area contributed by atoms with Gasteiger partial charge in [-0.3, -0.25) is 9.48 Å². The summed E-state index contributed by atoms with van der Waals surface area (Å²) in [6.07, 6.45) is -1.10. The molecule has 0 atom stereocenters. The Morgan fingerprint density at radius 3 is 2.64 bits per heavy atom. The molecule has 1 aliphatic rings. The molecule has 2 heterocycles. The normalized spacial score (nSPS) is 14.9. The summed E-state index contributed by atoms with van der Waals surface area (Å²) in [6, 6.07) is 4.61. The quantitative estimate of drug-likeness (QED) is 0.941. The fraction of sp³-hybridized carbons (Fsp3) is 0.385. The average Bonchev–Trinajstić information content (AvgIpc) is 3.18. The second-order valence-corrected chi connectivity index (χ2v) is 5.09. The molecule has 0 aromatic carbocycles. The van der Waals surface area contributed by atoms with E-state index in [4.69, 9.17) is 0 Å². The molecule has 0 spiro atoms. The van der Waals surface area contributed by atoms with Gasteiger partial charge in [0.2, 0.25) is 0 Å². The van der Waals surface area contributed by atoms with E-state index in [0.717, 1.165) is 24.7 Å². The smallest absolute Gasteiger partial charge is 0.304 e. The number of aromatic nitrogens is 4. The van der Waals surface area contributed by atoms with Gasteiger partial charge < -0.3 is 5.32 Å². The summed E-state index contributed by atoms with van der Waals surface area (Å²) in [5.74, 6) is 0.0597.